The van der Waals surface area contributed by atoms with Crippen LogP contribution in [0.4, 0.5) is 4.79 Å². The summed E-state index contributed by atoms with van der Waals surface area (Å²) < 4.78 is 0. The van der Waals surface area contributed by atoms with Crippen molar-refractivity contribution in [3.8, 4) is 10.6 Å². The quantitative estimate of drug-likeness (QED) is 0.847. The van der Waals surface area contributed by atoms with E-state index in [2.05, 4.69) is 15.3 Å². The first-order valence-electron chi connectivity index (χ1n) is 8.30. The molecule has 2 aromatic heterocycles. The molecular weight excluding hydrogens is 338 g/mol. The third kappa shape index (κ3) is 4.54. The van der Waals surface area contributed by atoms with Crippen molar-refractivity contribution in [3.63, 3.8) is 0 Å². The Morgan fingerprint density at radius 2 is 2.16 bits per heavy atom. The number of hydrogen-bond donors (Lipinski definition) is 2. The summed E-state index contributed by atoms with van der Waals surface area (Å²) >= 11 is 1.58. The molecule has 1 aliphatic heterocycles. The van der Waals surface area contributed by atoms with Crippen molar-refractivity contribution in [2.45, 2.75) is 19.3 Å². The summed E-state index contributed by atoms with van der Waals surface area (Å²) in [6.45, 7) is 1.57. The van der Waals surface area contributed by atoms with Crippen molar-refractivity contribution in [1.82, 2.24) is 20.2 Å². The molecule has 3 rings (SSSR count). The van der Waals surface area contributed by atoms with Crippen LogP contribution in [0.25, 0.3) is 10.6 Å². The Labute approximate surface area is 150 Å². The van der Waals surface area contributed by atoms with Crippen LogP contribution in [0.2, 0.25) is 0 Å². The van der Waals surface area contributed by atoms with Crippen LogP contribution in [0, 0.1) is 5.92 Å². The van der Waals surface area contributed by atoms with E-state index < -0.39 is 6.03 Å². The molecule has 1 saturated heterocycles. The van der Waals surface area contributed by atoms with Crippen molar-refractivity contribution >= 4 is 23.3 Å². The van der Waals surface area contributed by atoms with E-state index in [0.717, 1.165) is 29.1 Å². The lowest BCUT2D eigenvalue weighted by Crippen LogP contribution is -2.47. The molecule has 1 unspecified atom stereocenters. The highest BCUT2D eigenvalue weighted by atomic mass is 32.1. The second-order valence-electron chi connectivity index (χ2n) is 6.04. The number of carbonyl (C=O) groups is 2. The molecule has 1 aliphatic rings. The highest BCUT2D eigenvalue weighted by molar-refractivity contribution is 7.13. The van der Waals surface area contributed by atoms with Crippen molar-refractivity contribution in [3.05, 3.63) is 35.6 Å². The van der Waals surface area contributed by atoms with E-state index in [4.69, 9.17) is 5.73 Å². The smallest absolute Gasteiger partial charge is 0.314 e. The first kappa shape index (κ1) is 17.3. The fourth-order valence-corrected chi connectivity index (χ4v) is 3.76. The van der Waals surface area contributed by atoms with Gasteiger partial charge in [0, 0.05) is 49.4 Å². The van der Waals surface area contributed by atoms with Gasteiger partial charge in [0.15, 0.2) is 0 Å². The largest absolute Gasteiger partial charge is 0.355 e. The van der Waals surface area contributed by atoms with E-state index in [-0.39, 0.29) is 11.8 Å². The first-order valence-corrected chi connectivity index (χ1v) is 9.18. The van der Waals surface area contributed by atoms with Gasteiger partial charge >= 0.3 is 6.03 Å². The molecule has 3 amide bonds. The molecule has 1 atom stereocenters. The number of likely N-dealkylation sites (tertiary alicyclic amines) is 1. The number of aromatic nitrogens is 2. The predicted octanol–water partition coefficient (Wildman–Crippen LogP) is 1.65. The molecule has 3 N–H and O–H groups in total. The lowest BCUT2D eigenvalue weighted by molar-refractivity contribution is -0.126. The number of pyridine rings is 1. The number of carbonyl (C=O) groups excluding carboxylic acids is 2. The number of rotatable bonds is 5. The average Bonchev–Trinajstić information content (AvgIpc) is 3.11. The zero-order chi connectivity index (χ0) is 17.6. The topological polar surface area (TPSA) is 101 Å². The fourth-order valence-electron chi connectivity index (χ4n) is 2.90. The van der Waals surface area contributed by atoms with Gasteiger partial charge in [-0.05, 0) is 25.0 Å². The number of amides is 3. The Hall–Kier alpha value is -2.48. The van der Waals surface area contributed by atoms with Crippen molar-refractivity contribution < 1.29 is 9.59 Å². The second kappa shape index (κ2) is 8.06. The van der Waals surface area contributed by atoms with Crippen LogP contribution < -0.4 is 11.1 Å². The number of nitrogens with zero attached hydrogens (tertiary/aromatic N) is 3. The number of nitrogens with two attached hydrogens (primary N) is 1. The molecule has 25 heavy (non-hydrogen) atoms. The predicted molar refractivity (Wildman–Crippen MR) is 95.9 cm³/mol. The van der Waals surface area contributed by atoms with E-state index in [1.54, 1.807) is 23.7 Å². The zero-order valence-corrected chi connectivity index (χ0v) is 14.7. The lowest BCUT2D eigenvalue weighted by Gasteiger charge is -2.30. The third-order valence-corrected chi connectivity index (χ3v) is 5.20. The molecule has 0 aliphatic carbocycles. The number of urea groups is 1. The van der Waals surface area contributed by atoms with Gasteiger partial charge in [-0.3, -0.25) is 9.78 Å². The zero-order valence-electron chi connectivity index (χ0n) is 13.9. The maximum absolute atomic E-state index is 12.3. The van der Waals surface area contributed by atoms with Crippen LogP contribution in [-0.4, -0.2) is 46.4 Å². The summed E-state index contributed by atoms with van der Waals surface area (Å²) in [6.07, 6.45) is 5.77. The molecule has 0 bridgehead atoms. The standard InChI is InChI=1S/C17H21N5O2S/c18-17(24)22-9-1-2-13(10-22)15(23)20-8-5-14-11-25-16(21-14)12-3-6-19-7-4-12/h3-4,6-7,11,13H,1-2,5,8-10H2,(H2,18,24)(H,20,23). The van der Waals surface area contributed by atoms with Crippen molar-refractivity contribution in [1.29, 1.82) is 0 Å². The van der Waals surface area contributed by atoms with Crippen molar-refractivity contribution in [2.75, 3.05) is 19.6 Å². The molecule has 0 spiro atoms. The number of primary amides is 1. The second-order valence-corrected chi connectivity index (χ2v) is 6.90. The van der Waals surface area contributed by atoms with Crippen LogP contribution in [0.3, 0.4) is 0 Å². The summed E-state index contributed by atoms with van der Waals surface area (Å²) in [7, 11) is 0. The van der Waals surface area contributed by atoms with Crippen LogP contribution in [0.15, 0.2) is 29.9 Å². The van der Waals surface area contributed by atoms with Gasteiger partial charge < -0.3 is 16.0 Å². The summed E-state index contributed by atoms with van der Waals surface area (Å²) in [5.41, 5.74) is 7.30. The molecule has 0 aromatic carbocycles. The van der Waals surface area contributed by atoms with Crippen LogP contribution in [0.5, 0.6) is 0 Å². The SMILES string of the molecule is NC(=O)N1CCCC(C(=O)NCCc2csc(-c3ccncc3)n2)C1. The minimum atomic E-state index is -0.455. The van der Waals surface area contributed by atoms with Gasteiger partial charge in [-0.15, -0.1) is 11.3 Å². The van der Waals surface area contributed by atoms with E-state index in [0.29, 0.717) is 26.1 Å². The summed E-state index contributed by atoms with van der Waals surface area (Å²) in [4.78, 5) is 33.7. The lowest BCUT2D eigenvalue weighted by atomic mass is 9.97. The molecule has 7 nitrogen and oxygen atoms in total. The molecule has 0 radical (unpaired) electrons. The van der Waals surface area contributed by atoms with Gasteiger partial charge in [-0.25, -0.2) is 9.78 Å². The van der Waals surface area contributed by atoms with Crippen LogP contribution in [0.1, 0.15) is 18.5 Å². The molecule has 8 heteroatoms. The van der Waals surface area contributed by atoms with Gasteiger partial charge in [0.05, 0.1) is 11.6 Å². The fraction of sp³-hybridized carbons (Fsp3) is 0.412. The van der Waals surface area contributed by atoms with Crippen LogP contribution in [-0.2, 0) is 11.2 Å². The maximum atomic E-state index is 12.3. The normalized spacial score (nSPS) is 17.3. The summed E-state index contributed by atoms with van der Waals surface area (Å²) in [5.74, 6) is -0.195. The summed E-state index contributed by atoms with van der Waals surface area (Å²) in [5, 5.41) is 5.91. The average molecular weight is 359 g/mol. The number of nitrogens with one attached hydrogen (secondary N) is 1. The summed E-state index contributed by atoms with van der Waals surface area (Å²) in [6, 6.07) is 3.40. The Kier molecular flexibility index (Phi) is 5.60. The number of thiazole rings is 1. The molecule has 132 valence electrons. The van der Waals surface area contributed by atoms with Gasteiger partial charge in [-0.2, -0.15) is 0 Å². The Bertz CT molecular complexity index is 734. The molecule has 1 fully saturated rings. The number of hydrogen-bond acceptors (Lipinski definition) is 5. The van der Waals surface area contributed by atoms with Gasteiger partial charge in [-0.1, -0.05) is 0 Å². The maximum Gasteiger partial charge on any atom is 0.314 e. The molecule has 0 saturated carbocycles. The van der Waals surface area contributed by atoms with Crippen LogP contribution >= 0.6 is 11.3 Å². The third-order valence-electron chi connectivity index (χ3n) is 4.26. The molecular formula is C17H21N5O2S. The minimum Gasteiger partial charge on any atom is -0.355 e. The van der Waals surface area contributed by atoms with Gasteiger partial charge in [0.1, 0.15) is 5.01 Å². The Balaban J connectivity index is 1.47. The minimum absolute atomic E-state index is 0.0180. The molecule has 3 heterocycles. The Morgan fingerprint density at radius 3 is 2.92 bits per heavy atom. The van der Waals surface area contributed by atoms with E-state index in [9.17, 15) is 9.59 Å². The highest BCUT2D eigenvalue weighted by Gasteiger charge is 2.27. The van der Waals surface area contributed by atoms with E-state index in [1.807, 2.05) is 17.5 Å². The van der Waals surface area contributed by atoms with Gasteiger partial charge in [0.2, 0.25) is 5.91 Å². The van der Waals surface area contributed by atoms with Gasteiger partial charge in [0.25, 0.3) is 0 Å². The van der Waals surface area contributed by atoms with E-state index in [1.165, 1.54) is 4.90 Å². The molecule has 2 aromatic rings. The Morgan fingerprint density at radius 1 is 1.36 bits per heavy atom. The highest BCUT2D eigenvalue weighted by Crippen LogP contribution is 2.23. The van der Waals surface area contributed by atoms with Crippen molar-refractivity contribution in [2.24, 2.45) is 11.7 Å². The first-order chi connectivity index (χ1) is 12.1. The number of piperidine rings is 1. The monoisotopic (exact) mass is 359 g/mol. The van der Waals surface area contributed by atoms with E-state index >= 15 is 0 Å².